The molecule has 0 aliphatic carbocycles. The Bertz CT molecular complexity index is 8320. The van der Waals surface area contributed by atoms with Crippen LogP contribution in [-0.2, 0) is 27.6 Å². The lowest BCUT2D eigenvalue weighted by Gasteiger charge is -2.33. The highest BCUT2D eigenvalue weighted by atomic mass is 16.1. The van der Waals surface area contributed by atoms with E-state index in [4.69, 9.17) is 26.4 Å². The summed E-state index contributed by atoms with van der Waals surface area (Å²) in [4.78, 5) is 101. The standard InChI is InChI=1S/C22H24N6O.C22H23N5O.C21H22N6O.C19H20N6O.C19H16N6O/c1-14-8-16(9-17-12-26(3)25-22(14)17)19-10-21(29)28-13-18(4-5-20(28)24-19)27-7-6-23-15(2)11-27;1-14-9-17(10-18-12-26(2)25-22(14)18)19-11-21(28)27-13-16(3-4-20(27)24-19)15-5-7-23-8-6-15;1-14-9-15(10-16-12-25(2)24-21(14)16)18-11-20(28)27-13-17(3-4-19(27)23-18)26-7-5-22-6-8-26;2*1-12-10-25-17(13(2)21-12)8-16(23-25)15-9-19(26)24-11-14(4-3-7-20)5-6-18(24)22-15/h4-5,8-10,12-13,15,23H,6-7,11H2,1-3H3;3-4,9-13,15,23H,5-8H2,1-2H3;3-4,9-13,22H,5-8H2,1-2H3;5-6,8-11H,3-4,7,20H2,1-2H3;5-6,8-11H,7,20H2,1-2H3/t15-;;;;/m1..../s1. The summed E-state index contributed by atoms with van der Waals surface area (Å²) in [6.07, 6.45) is 22.9. The van der Waals surface area contributed by atoms with E-state index in [0.717, 1.165) is 201 Å². The third-order valence-corrected chi connectivity index (χ3v) is 25.1. The third kappa shape index (κ3) is 19.2. The Labute approximate surface area is 785 Å². The number of benzene rings is 3. The molecule has 7 N–H and O–H groups in total. The first-order chi connectivity index (χ1) is 66.2. The monoisotopic (exact) mass is 1830 g/mol. The van der Waals surface area contributed by atoms with Crippen LogP contribution in [0.2, 0.25) is 0 Å². The molecule has 17 aromatic heterocycles. The summed E-state index contributed by atoms with van der Waals surface area (Å²) < 4.78 is 17.0. The van der Waals surface area contributed by atoms with Gasteiger partial charge in [0.05, 0.1) is 109 Å². The van der Waals surface area contributed by atoms with E-state index < -0.39 is 0 Å². The molecule has 1 atom stereocenters. The van der Waals surface area contributed by atoms with Crippen molar-refractivity contribution < 1.29 is 0 Å². The summed E-state index contributed by atoms with van der Waals surface area (Å²) in [6, 6.07) is 43.9. The van der Waals surface area contributed by atoms with Gasteiger partial charge in [0.2, 0.25) is 0 Å². The molecule has 34 heteroatoms. The van der Waals surface area contributed by atoms with Gasteiger partial charge in [0.25, 0.3) is 27.8 Å². The Morgan fingerprint density at radius 1 is 0.394 bits per heavy atom. The molecule has 0 unspecified atom stereocenters. The van der Waals surface area contributed by atoms with Crippen LogP contribution in [0.25, 0.3) is 129 Å². The first-order valence-electron chi connectivity index (χ1n) is 46.0. The molecule has 692 valence electrons. The largest absolute Gasteiger partial charge is 0.368 e. The minimum atomic E-state index is -0.190. The highest BCUT2D eigenvalue weighted by molar-refractivity contribution is 5.89. The second-order valence-corrected chi connectivity index (χ2v) is 35.4. The maximum atomic E-state index is 12.9. The van der Waals surface area contributed by atoms with Crippen molar-refractivity contribution in [2.75, 3.05) is 81.8 Å². The quantitative estimate of drug-likeness (QED) is 0.0751. The number of nitrogens with zero attached hydrogens (tertiary/aromatic N) is 24. The van der Waals surface area contributed by atoms with Crippen molar-refractivity contribution in [2.45, 2.75) is 93.0 Å². The van der Waals surface area contributed by atoms with Crippen molar-refractivity contribution in [1.29, 1.82) is 0 Å². The predicted octanol–water partition coefficient (Wildman–Crippen LogP) is 10.6. The fourth-order valence-electron chi connectivity index (χ4n) is 18.4. The van der Waals surface area contributed by atoms with Crippen LogP contribution in [0.4, 0.5) is 11.4 Å². The lowest BCUT2D eigenvalue weighted by molar-refractivity contribution is 0.459. The number of nitrogens with one attached hydrogen (secondary N) is 3. The second kappa shape index (κ2) is 38.2. The smallest absolute Gasteiger partial charge is 0.258 e. The van der Waals surface area contributed by atoms with Crippen molar-refractivity contribution in [2.24, 2.45) is 32.6 Å². The van der Waals surface area contributed by atoms with Crippen molar-refractivity contribution in [1.82, 2.24) is 121 Å². The number of pyridine rings is 5. The second-order valence-electron chi connectivity index (χ2n) is 35.4. The number of aromatic nitrogens is 22. The molecule has 0 saturated carbocycles. The van der Waals surface area contributed by atoms with Gasteiger partial charge < -0.3 is 37.2 Å². The van der Waals surface area contributed by atoms with Crippen molar-refractivity contribution in [3.63, 3.8) is 0 Å². The maximum absolute atomic E-state index is 12.9. The number of aryl methyl sites for hydroxylation is 11. The topological polar surface area (TPSA) is 380 Å². The SMILES string of the molecule is Cc1cc(-c2cc(=O)n3cc(C4CCNCC4)ccc3n2)cc2cn(C)nc12.Cc1cc(-c2cc(=O)n3cc(N4CCNCC4)ccc3n2)cc2cn(C)nc12.Cc1cc(-c2cc(=O)n3cc(N4CCN[C@H](C)C4)ccc3n2)cc2cn(C)nc12.Cc1cn2nc(-c3cc(=O)n4cc(C#CCN)ccc4n3)cc2c(C)n1.Cc1cn2nc(-c3cc(=O)n4cc(CCCN)ccc4n3)cc2c(C)n1. The number of rotatable bonds is 11. The van der Waals surface area contributed by atoms with E-state index in [1.807, 2.05) is 218 Å². The minimum absolute atomic E-state index is 0.0419. The summed E-state index contributed by atoms with van der Waals surface area (Å²) in [6.45, 7) is 25.6. The Kier molecular flexibility index (Phi) is 25.2. The van der Waals surface area contributed by atoms with Crippen LogP contribution in [0, 0.1) is 60.3 Å². The fraction of sp³-hybridized carbons (Fsp3) is 0.272. The normalized spacial score (nSPS) is 14.1. The Morgan fingerprint density at radius 3 is 1.27 bits per heavy atom. The van der Waals surface area contributed by atoms with Crippen LogP contribution in [0.1, 0.15) is 88.3 Å². The van der Waals surface area contributed by atoms with E-state index in [0.29, 0.717) is 92.2 Å². The number of piperidine rings is 1. The Hall–Kier alpha value is -15.9. The summed E-state index contributed by atoms with van der Waals surface area (Å²) >= 11 is 0. The van der Waals surface area contributed by atoms with E-state index >= 15 is 0 Å². The van der Waals surface area contributed by atoms with E-state index in [-0.39, 0.29) is 34.3 Å². The zero-order valence-corrected chi connectivity index (χ0v) is 78.2. The van der Waals surface area contributed by atoms with Gasteiger partial charge in [-0.2, -0.15) is 25.5 Å². The van der Waals surface area contributed by atoms with E-state index in [2.05, 4.69) is 114 Å². The predicted molar refractivity (Wildman–Crippen MR) is 536 cm³/mol. The molecule has 137 heavy (non-hydrogen) atoms. The number of hydrogen-bond donors (Lipinski definition) is 5. The zero-order valence-electron chi connectivity index (χ0n) is 78.2. The Morgan fingerprint density at radius 2 is 0.803 bits per heavy atom. The van der Waals surface area contributed by atoms with Crippen LogP contribution in [0.5, 0.6) is 0 Å². The van der Waals surface area contributed by atoms with Crippen LogP contribution in [0.15, 0.2) is 225 Å². The van der Waals surface area contributed by atoms with Crippen LogP contribution < -0.4 is 65.0 Å². The van der Waals surface area contributed by atoms with Crippen LogP contribution in [-0.4, -0.2) is 183 Å². The van der Waals surface area contributed by atoms with E-state index in [1.165, 1.54) is 22.1 Å². The molecule has 3 saturated heterocycles. The molecule has 34 nitrogen and oxygen atoms in total. The molecule has 20 heterocycles. The van der Waals surface area contributed by atoms with Gasteiger partial charge in [-0.1, -0.05) is 24.0 Å². The van der Waals surface area contributed by atoms with Gasteiger partial charge in [0.15, 0.2) is 0 Å². The third-order valence-electron chi connectivity index (χ3n) is 25.1. The minimum Gasteiger partial charge on any atom is -0.368 e. The molecule has 3 aromatic carbocycles. The maximum Gasteiger partial charge on any atom is 0.258 e. The molecule has 3 aliphatic heterocycles. The summed E-state index contributed by atoms with van der Waals surface area (Å²) in [5.74, 6) is 6.20. The van der Waals surface area contributed by atoms with Gasteiger partial charge in [-0.15, -0.1) is 0 Å². The average molecular weight is 1830 g/mol. The highest BCUT2D eigenvalue weighted by Gasteiger charge is 2.23. The van der Waals surface area contributed by atoms with Crippen molar-refractivity contribution >= 4 is 83.4 Å². The van der Waals surface area contributed by atoms with Crippen LogP contribution >= 0.6 is 0 Å². The van der Waals surface area contributed by atoms with E-state index in [1.54, 1.807) is 57.1 Å². The molecule has 0 bridgehead atoms. The van der Waals surface area contributed by atoms with Crippen molar-refractivity contribution in [3.05, 3.63) is 309 Å². The molecular formula is C103H105N29O5. The average Bonchev–Trinajstić information content (AvgIpc) is 1.79. The molecule has 3 fully saturated rings. The Balaban J connectivity index is 0.000000110. The first-order valence-corrected chi connectivity index (χ1v) is 46.0. The number of fused-ring (bicyclic) bond motifs is 10. The number of anilines is 2. The fourth-order valence-corrected chi connectivity index (χ4v) is 18.4. The van der Waals surface area contributed by atoms with Gasteiger partial charge >= 0.3 is 0 Å². The number of hydrogen-bond acceptors (Lipinski definition) is 24. The highest BCUT2D eigenvalue weighted by Crippen LogP contribution is 2.33. The molecular weight excluding hydrogens is 1720 g/mol. The van der Waals surface area contributed by atoms with Gasteiger partial charge in [-0.3, -0.25) is 70.0 Å². The summed E-state index contributed by atoms with van der Waals surface area (Å²) in [5.41, 5.74) is 37.5. The molecule has 0 amide bonds. The molecule has 23 rings (SSSR count). The lowest BCUT2D eigenvalue weighted by Crippen LogP contribution is -2.49. The first kappa shape index (κ1) is 90.2. The summed E-state index contributed by atoms with van der Waals surface area (Å²) in [7, 11) is 5.74. The molecule has 0 radical (unpaired) electrons. The number of nitrogens with two attached hydrogens (primary N) is 2. The summed E-state index contributed by atoms with van der Waals surface area (Å²) in [5, 5.41) is 35.9. The van der Waals surface area contributed by atoms with E-state index in [9.17, 15) is 24.0 Å². The van der Waals surface area contributed by atoms with Crippen molar-refractivity contribution in [3.8, 4) is 68.4 Å². The zero-order chi connectivity index (χ0) is 95.1. The van der Waals surface area contributed by atoms with Crippen LogP contribution in [0.3, 0.4) is 0 Å². The van der Waals surface area contributed by atoms with Gasteiger partial charge in [-0.25, -0.2) is 34.0 Å². The molecule has 3 aliphatic rings. The van der Waals surface area contributed by atoms with Gasteiger partial charge in [0.1, 0.15) is 39.6 Å². The molecule has 20 aromatic rings. The van der Waals surface area contributed by atoms with Gasteiger partial charge in [0, 0.05) is 191 Å². The lowest BCUT2D eigenvalue weighted by atomic mass is 9.91. The molecule has 0 spiro atoms. The van der Waals surface area contributed by atoms with Gasteiger partial charge in [-0.05, 0) is 232 Å². The number of piperazine rings is 2.